The van der Waals surface area contributed by atoms with Crippen molar-refractivity contribution in [1.82, 2.24) is 0 Å². The van der Waals surface area contributed by atoms with Gasteiger partial charge >= 0.3 is 0 Å². The zero-order valence-corrected chi connectivity index (χ0v) is 6.80. The maximum atomic E-state index is 10.2. The first-order valence-corrected chi connectivity index (χ1v) is 3.72. The zero-order chi connectivity index (χ0) is 9.90. The summed E-state index contributed by atoms with van der Waals surface area (Å²) < 4.78 is 0. The average Bonchev–Trinajstić information content (AvgIpc) is 2.05. The number of aliphatic carboxylic acids is 1. The molecule has 0 unspecified atom stereocenters. The van der Waals surface area contributed by atoms with Crippen LogP contribution in [0.5, 0.6) is 0 Å². The number of carbonyl (C=O) groups is 1. The van der Waals surface area contributed by atoms with Crippen molar-refractivity contribution in [3.63, 3.8) is 0 Å². The van der Waals surface area contributed by atoms with E-state index in [0.717, 1.165) is 0 Å². The number of hydrogen-bond donors (Lipinski definition) is 2. The molecule has 0 radical (unpaired) electrons. The predicted octanol–water partition coefficient (Wildman–Crippen LogP) is -1.34. The number of carboxylic acids is 1. The molecule has 0 heterocycles. The summed E-state index contributed by atoms with van der Waals surface area (Å²) in [7, 11) is 0. The van der Waals surface area contributed by atoms with Crippen molar-refractivity contribution >= 4 is 5.97 Å². The Morgan fingerprint density at radius 3 is 2.31 bits per heavy atom. The highest BCUT2D eigenvalue weighted by atomic mass is 16.5. The maximum Gasteiger partial charge on any atom is 0.208 e. The van der Waals surface area contributed by atoms with Gasteiger partial charge in [0.25, 0.3) is 0 Å². The zero-order valence-electron chi connectivity index (χ0n) is 6.80. The summed E-state index contributed by atoms with van der Waals surface area (Å²) in [5, 5.41) is 28.1. The summed E-state index contributed by atoms with van der Waals surface area (Å²) in [6.45, 7) is 0. The lowest BCUT2D eigenvalue weighted by Gasteiger charge is -2.22. The number of hydrogen-bond acceptors (Lipinski definition) is 4. The molecule has 0 aliphatic heterocycles. The second-order valence-electron chi connectivity index (χ2n) is 2.77. The molecule has 1 aromatic carbocycles. The fourth-order valence-corrected chi connectivity index (χ4v) is 0.953. The van der Waals surface area contributed by atoms with Crippen LogP contribution in [0.15, 0.2) is 30.3 Å². The van der Waals surface area contributed by atoms with Crippen LogP contribution in [0.3, 0.4) is 0 Å². The van der Waals surface area contributed by atoms with Gasteiger partial charge in [0, 0.05) is 6.42 Å². The van der Waals surface area contributed by atoms with Crippen LogP contribution in [0, 0.1) is 0 Å². The molecule has 0 aliphatic carbocycles. The van der Waals surface area contributed by atoms with E-state index in [9.17, 15) is 9.90 Å². The monoisotopic (exact) mass is 181 g/mol. The van der Waals surface area contributed by atoms with Crippen LogP contribution in [0.4, 0.5) is 0 Å². The molecule has 0 amide bonds. The van der Waals surface area contributed by atoms with Crippen molar-refractivity contribution < 1.29 is 20.1 Å². The van der Waals surface area contributed by atoms with E-state index >= 15 is 0 Å². The van der Waals surface area contributed by atoms with Gasteiger partial charge in [0.05, 0.1) is 0 Å². The van der Waals surface area contributed by atoms with Crippen LogP contribution >= 0.6 is 0 Å². The van der Waals surface area contributed by atoms with E-state index in [4.69, 9.17) is 10.2 Å². The maximum absolute atomic E-state index is 10.2. The quantitative estimate of drug-likeness (QED) is 0.565. The van der Waals surface area contributed by atoms with Gasteiger partial charge in [0.15, 0.2) is 0 Å². The van der Waals surface area contributed by atoms with Gasteiger partial charge in [-0.2, -0.15) is 0 Å². The molecular formula is C9H9O4-. The smallest absolute Gasteiger partial charge is 0.208 e. The van der Waals surface area contributed by atoms with E-state index < -0.39 is 11.8 Å². The molecule has 0 spiro atoms. The number of carboxylic acid groups (broad SMARTS) is 1. The van der Waals surface area contributed by atoms with Crippen molar-refractivity contribution in [1.29, 1.82) is 0 Å². The van der Waals surface area contributed by atoms with Crippen molar-refractivity contribution in [2.45, 2.75) is 12.2 Å². The number of rotatable bonds is 3. The van der Waals surface area contributed by atoms with Gasteiger partial charge in [-0.15, -0.1) is 0 Å². The van der Waals surface area contributed by atoms with E-state index in [1.54, 1.807) is 30.3 Å². The van der Waals surface area contributed by atoms with Crippen molar-refractivity contribution in [3.8, 4) is 0 Å². The Morgan fingerprint density at radius 2 is 1.85 bits per heavy atom. The topological polar surface area (TPSA) is 80.6 Å². The van der Waals surface area contributed by atoms with Crippen LogP contribution in [-0.2, 0) is 11.2 Å². The third-order valence-corrected chi connectivity index (χ3v) is 1.62. The lowest BCUT2D eigenvalue weighted by Crippen LogP contribution is -2.49. The van der Waals surface area contributed by atoms with Crippen LogP contribution in [0.2, 0.25) is 0 Å². The standard InChI is InChI=1S/C9H10O4/c10-8(11)9(12,13)6-7-4-2-1-3-5-7/h1-5,12-13H,6H2,(H,10,11)/p-1. The molecule has 0 aromatic heterocycles. The van der Waals surface area contributed by atoms with Crippen LogP contribution in [-0.4, -0.2) is 22.0 Å². The molecule has 0 saturated heterocycles. The molecule has 0 fully saturated rings. The second kappa shape index (κ2) is 3.55. The summed E-state index contributed by atoms with van der Waals surface area (Å²) in [5.41, 5.74) is 0.525. The minimum absolute atomic E-state index is 0.379. The Hall–Kier alpha value is -1.39. The van der Waals surface area contributed by atoms with E-state index in [-0.39, 0.29) is 6.42 Å². The highest BCUT2D eigenvalue weighted by molar-refractivity contribution is 5.73. The molecule has 0 saturated carbocycles. The highest BCUT2D eigenvalue weighted by Crippen LogP contribution is 2.09. The van der Waals surface area contributed by atoms with Crippen LogP contribution in [0.1, 0.15) is 5.56 Å². The van der Waals surface area contributed by atoms with Gasteiger partial charge in [0.2, 0.25) is 5.79 Å². The first-order valence-electron chi connectivity index (χ1n) is 3.72. The Morgan fingerprint density at radius 1 is 1.31 bits per heavy atom. The normalized spacial score (nSPS) is 11.2. The first-order chi connectivity index (χ1) is 6.02. The third kappa shape index (κ3) is 2.54. The summed E-state index contributed by atoms with van der Waals surface area (Å²) >= 11 is 0. The average molecular weight is 181 g/mol. The highest BCUT2D eigenvalue weighted by Gasteiger charge is 2.24. The number of aliphatic hydroxyl groups is 2. The second-order valence-corrected chi connectivity index (χ2v) is 2.77. The Bertz CT molecular complexity index is 292. The molecule has 4 nitrogen and oxygen atoms in total. The van der Waals surface area contributed by atoms with E-state index in [1.807, 2.05) is 0 Å². The lowest BCUT2D eigenvalue weighted by molar-refractivity contribution is -0.346. The summed E-state index contributed by atoms with van der Waals surface area (Å²) in [4.78, 5) is 10.2. The van der Waals surface area contributed by atoms with Crippen molar-refractivity contribution in [2.24, 2.45) is 0 Å². The molecule has 70 valence electrons. The van der Waals surface area contributed by atoms with E-state index in [2.05, 4.69) is 0 Å². The molecule has 4 heteroatoms. The fraction of sp³-hybridized carbons (Fsp3) is 0.222. The molecule has 0 bridgehead atoms. The number of benzene rings is 1. The van der Waals surface area contributed by atoms with Gasteiger partial charge in [-0.3, -0.25) is 0 Å². The van der Waals surface area contributed by atoms with Gasteiger partial charge in [-0.1, -0.05) is 30.3 Å². The van der Waals surface area contributed by atoms with Crippen molar-refractivity contribution in [2.75, 3.05) is 0 Å². The Labute approximate surface area is 75.1 Å². The molecule has 13 heavy (non-hydrogen) atoms. The molecule has 1 rings (SSSR count). The SMILES string of the molecule is O=C([O-])C(O)(O)Cc1ccccc1. The molecule has 0 atom stereocenters. The molecule has 0 aliphatic rings. The minimum Gasteiger partial charge on any atom is -0.544 e. The Kier molecular flexibility index (Phi) is 2.65. The van der Waals surface area contributed by atoms with E-state index in [1.165, 1.54) is 0 Å². The van der Waals surface area contributed by atoms with Crippen molar-refractivity contribution in [3.05, 3.63) is 35.9 Å². The molecule has 1 aromatic rings. The minimum atomic E-state index is -2.79. The fourth-order valence-electron chi connectivity index (χ4n) is 0.953. The predicted molar refractivity (Wildman–Crippen MR) is 42.3 cm³/mol. The number of carbonyl (C=O) groups excluding carboxylic acids is 1. The summed E-state index contributed by atoms with van der Waals surface area (Å²) in [6, 6.07) is 8.31. The molecule has 2 N–H and O–H groups in total. The third-order valence-electron chi connectivity index (χ3n) is 1.62. The summed E-state index contributed by atoms with van der Waals surface area (Å²) in [5.74, 6) is -4.68. The van der Waals surface area contributed by atoms with Crippen LogP contribution < -0.4 is 5.11 Å². The van der Waals surface area contributed by atoms with Gasteiger partial charge in [-0.05, 0) is 5.56 Å². The Balaban J connectivity index is 2.75. The largest absolute Gasteiger partial charge is 0.544 e. The molecular weight excluding hydrogens is 172 g/mol. The lowest BCUT2D eigenvalue weighted by atomic mass is 10.1. The van der Waals surface area contributed by atoms with Gasteiger partial charge < -0.3 is 20.1 Å². The van der Waals surface area contributed by atoms with Gasteiger partial charge in [-0.25, -0.2) is 0 Å². The van der Waals surface area contributed by atoms with Crippen LogP contribution in [0.25, 0.3) is 0 Å². The van der Waals surface area contributed by atoms with Gasteiger partial charge in [0.1, 0.15) is 5.97 Å². The summed E-state index contributed by atoms with van der Waals surface area (Å²) in [6.07, 6.45) is -0.379. The first kappa shape index (κ1) is 9.70. The van der Waals surface area contributed by atoms with E-state index in [0.29, 0.717) is 5.56 Å².